The summed E-state index contributed by atoms with van der Waals surface area (Å²) >= 11 is 0. The van der Waals surface area contributed by atoms with E-state index in [4.69, 9.17) is 0 Å². The van der Waals surface area contributed by atoms with Crippen LogP contribution in [0.5, 0.6) is 0 Å². The van der Waals surface area contributed by atoms with Gasteiger partial charge in [0.25, 0.3) is 0 Å². The third-order valence-corrected chi connectivity index (χ3v) is 2.89. The molecule has 0 aliphatic carbocycles. The molecule has 1 unspecified atom stereocenters. The molecule has 3 nitrogen and oxygen atoms in total. The number of H-pyrrole nitrogens is 1. The highest BCUT2D eigenvalue weighted by atomic mass is 19.1. The summed E-state index contributed by atoms with van der Waals surface area (Å²) in [6, 6.07) is 3.87. The zero-order chi connectivity index (χ0) is 10.3. The minimum atomic E-state index is -0.285. The van der Waals surface area contributed by atoms with Crippen molar-refractivity contribution in [3.63, 3.8) is 0 Å². The van der Waals surface area contributed by atoms with Gasteiger partial charge in [-0.1, -0.05) is 0 Å². The minimum Gasteiger partial charge on any atom is -0.342 e. The average molecular weight is 205 g/mol. The van der Waals surface area contributed by atoms with E-state index >= 15 is 0 Å². The molecule has 0 radical (unpaired) electrons. The first-order valence-corrected chi connectivity index (χ1v) is 5.20. The van der Waals surface area contributed by atoms with Gasteiger partial charge in [0, 0.05) is 17.1 Å². The van der Waals surface area contributed by atoms with Crippen molar-refractivity contribution >= 4 is 11.0 Å². The number of rotatable bonds is 1. The van der Waals surface area contributed by atoms with Crippen LogP contribution >= 0.6 is 0 Å². The van der Waals surface area contributed by atoms with Crippen LogP contribution in [0.1, 0.15) is 24.6 Å². The predicted octanol–water partition coefficient (Wildman–Crippen LogP) is 2.13. The Bertz CT molecular complexity index is 486. The number of pyridine rings is 1. The van der Waals surface area contributed by atoms with Gasteiger partial charge in [-0.15, -0.1) is 0 Å². The Hall–Kier alpha value is -1.42. The van der Waals surface area contributed by atoms with E-state index < -0.39 is 0 Å². The molecule has 0 bridgehead atoms. The maximum absolute atomic E-state index is 12.9. The first-order valence-electron chi connectivity index (χ1n) is 5.20. The molecule has 3 rings (SSSR count). The Balaban J connectivity index is 2.05. The van der Waals surface area contributed by atoms with E-state index in [1.165, 1.54) is 18.7 Å². The topological polar surface area (TPSA) is 40.7 Å². The second-order valence-electron chi connectivity index (χ2n) is 3.96. The summed E-state index contributed by atoms with van der Waals surface area (Å²) in [6.07, 6.45) is 3.57. The van der Waals surface area contributed by atoms with Crippen molar-refractivity contribution in [3.8, 4) is 0 Å². The molecule has 2 aromatic rings. The molecule has 1 aliphatic rings. The van der Waals surface area contributed by atoms with E-state index in [-0.39, 0.29) is 5.82 Å². The third-order valence-electron chi connectivity index (χ3n) is 2.89. The lowest BCUT2D eigenvalue weighted by molar-refractivity contribution is 0.624. The average Bonchev–Trinajstić information content (AvgIpc) is 2.84. The lowest BCUT2D eigenvalue weighted by atomic mass is 10.1. The van der Waals surface area contributed by atoms with Crippen LogP contribution in [0.15, 0.2) is 18.3 Å². The van der Waals surface area contributed by atoms with Crippen molar-refractivity contribution in [2.24, 2.45) is 0 Å². The normalized spacial score (nSPS) is 21.3. The smallest absolute Gasteiger partial charge is 0.142 e. The SMILES string of the molecule is Fc1cnc2[nH]c(C3CCCN3)cc2c1. The number of fused-ring (bicyclic) bond motifs is 1. The van der Waals surface area contributed by atoms with Crippen molar-refractivity contribution in [2.45, 2.75) is 18.9 Å². The summed E-state index contributed by atoms with van der Waals surface area (Å²) in [4.78, 5) is 7.24. The van der Waals surface area contributed by atoms with Crippen LogP contribution in [-0.4, -0.2) is 16.5 Å². The monoisotopic (exact) mass is 205 g/mol. The number of hydrogen-bond donors (Lipinski definition) is 2. The van der Waals surface area contributed by atoms with Crippen molar-refractivity contribution in [1.82, 2.24) is 15.3 Å². The van der Waals surface area contributed by atoms with Crippen LogP contribution in [0.2, 0.25) is 0 Å². The van der Waals surface area contributed by atoms with Crippen molar-refractivity contribution < 1.29 is 4.39 Å². The fourth-order valence-corrected chi connectivity index (χ4v) is 2.15. The zero-order valence-corrected chi connectivity index (χ0v) is 8.26. The van der Waals surface area contributed by atoms with Gasteiger partial charge in [0.1, 0.15) is 11.5 Å². The van der Waals surface area contributed by atoms with Crippen LogP contribution in [0.3, 0.4) is 0 Å². The van der Waals surface area contributed by atoms with Crippen molar-refractivity contribution in [2.75, 3.05) is 6.54 Å². The van der Waals surface area contributed by atoms with E-state index in [1.807, 2.05) is 6.07 Å². The van der Waals surface area contributed by atoms with E-state index in [2.05, 4.69) is 15.3 Å². The van der Waals surface area contributed by atoms with E-state index in [9.17, 15) is 4.39 Å². The van der Waals surface area contributed by atoms with Gasteiger partial charge in [-0.25, -0.2) is 9.37 Å². The van der Waals surface area contributed by atoms with Gasteiger partial charge < -0.3 is 10.3 Å². The molecule has 3 heterocycles. The fraction of sp³-hybridized carbons (Fsp3) is 0.364. The van der Waals surface area contributed by atoms with Crippen LogP contribution in [0.25, 0.3) is 11.0 Å². The maximum atomic E-state index is 12.9. The molecule has 0 spiro atoms. The highest BCUT2D eigenvalue weighted by Gasteiger charge is 2.18. The van der Waals surface area contributed by atoms with Gasteiger partial charge in [0.15, 0.2) is 0 Å². The molecule has 0 aromatic carbocycles. The molecule has 78 valence electrons. The van der Waals surface area contributed by atoms with Gasteiger partial charge in [-0.2, -0.15) is 0 Å². The zero-order valence-electron chi connectivity index (χ0n) is 8.26. The molecule has 2 aromatic heterocycles. The fourth-order valence-electron chi connectivity index (χ4n) is 2.15. The summed E-state index contributed by atoms with van der Waals surface area (Å²) in [5.41, 5.74) is 1.88. The highest BCUT2D eigenvalue weighted by molar-refractivity contribution is 5.76. The number of hydrogen-bond acceptors (Lipinski definition) is 2. The molecule has 0 saturated carbocycles. The number of nitrogens with zero attached hydrogens (tertiary/aromatic N) is 1. The molecule has 1 atom stereocenters. The third kappa shape index (κ3) is 1.51. The highest BCUT2D eigenvalue weighted by Crippen LogP contribution is 2.25. The quantitative estimate of drug-likeness (QED) is 0.748. The lowest BCUT2D eigenvalue weighted by Gasteiger charge is -2.05. The van der Waals surface area contributed by atoms with Gasteiger partial charge in [0.05, 0.1) is 6.20 Å². The second-order valence-corrected chi connectivity index (χ2v) is 3.96. The molecule has 1 fully saturated rings. The minimum absolute atomic E-state index is 0.285. The van der Waals surface area contributed by atoms with E-state index in [0.29, 0.717) is 6.04 Å². The van der Waals surface area contributed by atoms with Crippen molar-refractivity contribution in [1.29, 1.82) is 0 Å². The Morgan fingerprint density at radius 2 is 2.33 bits per heavy atom. The second kappa shape index (κ2) is 3.31. The first kappa shape index (κ1) is 8.85. The number of halogens is 1. The van der Waals surface area contributed by atoms with Crippen LogP contribution in [0, 0.1) is 5.82 Å². The van der Waals surface area contributed by atoms with Gasteiger partial charge >= 0.3 is 0 Å². The van der Waals surface area contributed by atoms with Crippen LogP contribution < -0.4 is 5.32 Å². The molecular formula is C11H12FN3. The van der Waals surface area contributed by atoms with Gasteiger partial charge in [0.2, 0.25) is 0 Å². The largest absolute Gasteiger partial charge is 0.342 e. The maximum Gasteiger partial charge on any atom is 0.142 e. The van der Waals surface area contributed by atoms with Gasteiger partial charge in [-0.3, -0.25) is 0 Å². The lowest BCUT2D eigenvalue weighted by Crippen LogP contribution is -2.12. The first-order chi connectivity index (χ1) is 7.33. The standard InChI is InChI=1S/C11H12FN3/c12-8-4-7-5-10(9-2-1-3-13-9)15-11(7)14-6-8/h4-6,9,13H,1-3H2,(H,14,15). The number of aromatic nitrogens is 2. The molecule has 0 amide bonds. The predicted molar refractivity (Wildman–Crippen MR) is 56.0 cm³/mol. The summed E-state index contributed by atoms with van der Waals surface area (Å²) in [6.45, 7) is 1.06. The Labute approximate surface area is 86.7 Å². The summed E-state index contributed by atoms with van der Waals surface area (Å²) in [7, 11) is 0. The van der Waals surface area contributed by atoms with Crippen LogP contribution in [-0.2, 0) is 0 Å². The van der Waals surface area contributed by atoms with Crippen molar-refractivity contribution in [3.05, 3.63) is 29.8 Å². The Morgan fingerprint density at radius 1 is 1.40 bits per heavy atom. The summed E-state index contributed by atoms with van der Waals surface area (Å²) < 4.78 is 12.9. The number of aromatic amines is 1. The molecule has 4 heteroatoms. The van der Waals surface area contributed by atoms with Crippen LogP contribution in [0.4, 0.5) is 4.39 Å². The van der Waals surface area contributed by atoms with E-state index in [0.717, 1.165) is 29.7 Å². The molecular weight excluding hydrogens is 193 g/mol. The summed E-state index contributed by atoms with van der Waals surface area (Å²) in [5.74, 6) is -0.285. The van der Waals surface area contributed by atoms with Gasteiger partial charge in [-0.05, 0) is 31.5 Å². The summed E-state index contributed by atoms with van der Waals surface area (Å²) in [5, 5.41) is 4.24. The molecule has 15 heavy (non-hydrogen) atoms. The molecule has 1 saturated heterocycles. The Kier molecular flexibility index (Phi) is 1.95. The molecule has 2 N–H and O–H groups in total. The van der Waals surface area contributed by atoms with E-state index in [1.54, 1.807) is 0 Å². The molecule has 1 aliphatic heterocycles. The Morgan fingerprint density at radius 3 is 3.13 bits per heavy atom. The number of nitrogens with one attached hydrogen (secondary N) is 2.